The molecule has 2 unspecified atom stereocenters. The van der Waals surface area contributed by atoms with Crippen molar-refractivity contribution in [3.05, 3.63) is 35.5 Å². The molecule has 4 saturated carbocycles. The van der Waals surface area contributed by atoms with E-state index in [2.05, 4.69) is 25.4 Å². The second-order valence-corrected chi connectivity index (χ2v) is 11.3. The fraction of sp³-hybridized carbons (Fsp3) is 0.524. The highest BCUT2D eigenvalue weighted by molar-refractivity contribution is 7.89. The Hall–Kier alpha value is -1.98. The number of anilines is 3. The molecule has 0 radical (unpaired) electrons. The van der Waals surface area contributed by atoms with Gasteiger partial charge in [-0.3, -0.25) is 4.84 Å². The van der Waals surface area contributed by atoms with Crippen LogP contribution in [0.5, 0.6) is 0 Å². The molecule has 32 heavy (non-hydrogen) atoms. The number of aromatic nitrogens is 2. The first-order chi connectivity index (χ1) is 15.2. The van der Waals surface area contributed by atoms with Gasteiger partial charge in [0.1, 0.15) is 5.02 Å². The van der Waals surface area contributed by atoms with Crippen molar-refractivity contribution in [2.75, 3.05) is 17.7 Å². The molecule has 1 heterocycles. The molecule has 0 aliphatic heterocycles. The lowest BCUT2D eigenvalue weighted by Gasteiger charge is -2.58. The standard InChI is InChI=1S/C21H26ClN5O4S/c1-31-27-32(29,30)16-4-2-3-15(7-16)24-20-23-11-17(22)19(26-20)25-18-13-5-12-6-14(18)10-21(28,8-12)9-13/h2-4,7,11-14,18,27-28H,5-6,8-10H2,1H3,(H2,23,24,25,26). The lowest BCUT2D eigenvalue weighted by Crippen LogP contribution is -2.59. The fourth-order valence-electron chi connectivity index (χ4n) is 5.93. The number of hydrogen-bond acceptors (Lipinski definition) is 8. The van der Waals surface area contributed by atoms with Gasteiger partial charge in [-0.2, -0.15) is 4.98 Å². The van der Waals surface area contributed by atoms with Gasteiger partial charge in [-0.25, -0.2) is 13.4 Å². The Labute approximate surface area is 192 Å². The van der Waals surface area contributed by atoms with Crippen LogP contribution in [0.25, 0.3) is 0 Å². The second-order valence-electron chi connectivity index (χ2n) is 9.20. The van der Waals surface area contributed by atoms with Crippen LogP contribution in [0.1, 0.15) is 32.1 Å². The molecular formula is C21H26ClN5O4S. The largest absolute Gasteiger partial charge is 0.390 e. The van der Waals surface area contributed by atoms with E-state index in [-0.39, 0.29) is 10.9 Å². The summed E-state index contributed by atoms with van der Waals surface area (Å²) in [4.78, 5) is 15.4. The number of nitrogens with zero attached hydrogens (tertiary/aromatic N) is 2. The zero-order valence-corrected chi connectivity index (χ0v) is 19.2. The number of hydrogen-bond donors (Lipinski definition) is 4. The van der Waals surface area contributed by atoms with Crippen molar-refractivity contribution in [1.29, 1.82) is 0 Å². The van der Waals surface area contributed by atoms with Gasteiger partial charge in [-0.1, -0.05) is 22.6 Å². The van der Waals surface area contributed by atoms with Crippen molar-refractivity contribution in [3.63, 3.8) is 0 Å². The molecule has 4 aliphatic rings. The molecule has 6 rings (SSSR count). The molecule has 1 aromatic carbocycles. The minimum atomic E-state index is -3.78. The molecule has 11 heteroatoms. The monoisotopic (exact) mass is 479 g/mol. The highest BCUT2D eigenvalue weighted by atomic mass is 35.5. The SMILES string of the molecule is CONS(=O)(=O)c1cccc(Nc2ncc(Cl)c(NC3C4CC5CC3CC(O)(C5)C4)n2)c1. The molecule has 9 nitrogen and oxygen atoms in total. The summed E-state index contributed by atoms with van der Waals surface area (Å²) in [6.45, 7) is 0. The topological polar surface area (TPSA) is 125 Å². The maximum absolute atomic E-state index is 12.2. The Morgan fingerprint density at radius 1 is 1.22 bits per heavy atom. The summed E-state index contributed by atoms with van der Waals surface area (Å²) in [6, 6.07) is 6.48. The third-order valence-corrected chi connectivity index (χ3v) is 8.42. The third-order valence-electron chi connectivity index (χ3n) is 6.88. The molecular weight excluding hydrogens is 454 g/mol. The summed E-state index contributed by atoms with van der Waals surface area (Å²) < 4.78 is 24.3. The molecule has 4 bridgehead atoms. The van der Waals surface area contributed by atoms with Crippen LogP contribution in [0.2, 0.25) is 5.02 Å². The summed E-state index contributed by atoms with van der Waals surface area (Å²) >= 11 is 6.39. The first kappa shape index (κ1) is 21.8. The zero-order chi connectivity index (χ0) is 22.5. The summed E-state index contributed by atoms with van der Waals surface area (Å²) in [6.07, 6.45) is 6.35. The average molecular weight is 480 g/mol. The first-order valence-corrected chi connectivity index (χ1v) is 12.5. The summed E-state index contributed by atoms with van der Waals surface area (Å²) in [5.74, 6) is 2.27. The van der Waals surface area contributed by atoms with Crippen molar-refractivity contribution in [1.82, 2.24) is 14.9 Å². The Morgan fingerprint density at radius 3 is 2.66 bits per heavy atom. The van der Waals surface area contributed by atoms with E-state index in [4.69, 9.17) is 11.6 Å². The quantitative estimate of drug-likeness (QED) is 0.446. The van der Waals surface area contributed by atoms with Crippen molar-refractivity contribution in [2.45, 2.75) is 48.6 Å². The highest BCUT2D eigenvalue weighted by Crippen LogP contribution is 2.56. The van der Waals surface area contributed by atoms with E-state index in [1.165, 1.54) is 25.4 Å². The van der Waals surface area contributed by atoms with E-state index in [1.54, 1.807) is 12.1 Å². The highest BCUT2D eigenvalue weighted by Gasteiger charge is 2.54. The molecule has 172 valence electrons. The molecule has 0 amide bonds. The number of benzene rings is 1. The average Bonchev–Trinajstić information content (AvgIpc) is 2.72. The molecule has 4 fully saturated rings. The minimum Gasteiger partial charge on any atom is -0.390 e. The van der Waals surface area contributed by atoms with Gasteiger partial charge in [0.2, 0.25) is 5.95 Å². The molecule has 1 aromatic heterocycles. The normalized spacial score (nSPS) is 31.0. The lowest BCUT2D eigenvalue weighted by atomic mass is 9.52. The number of sulfonamides is 1. The van der Waals surface area contributed by atoms with Crippen LogP contribution in [0, 0.1) is 17.8 Å². The number of nitrogens with one attached hydrogen (secondary N) is 3. The first-order valence-electron chi connectivity index (χ1n) is 10.7. The minimum absolute atomic E-state index is 0.0446. The van der Waals surface area contributed by atoms with Crippen LogP contribution in [-0.4, -0.2) is 42.2 Å². The van der Waals surface area contributed by atoms with Crippen LogP contribution in [0.4, 0.5) is 17.5 Å². The van der Waals surface area contributed by atoms with Crippen LogP contribution in [-0.2, 0) is 14.9 Å². The van der Waals surface area contributed by atoms with Gasteiger partial charge >= 0.3 is 0 Å². The lowest BCUT2D eigenvalue weighted by molar-refractivity contribution is -0.129. The van der Waals surface area contributed by atoms with Gasteiger partial charge in [0.25, 0.3) is 10.0 Å². The maximum Gasteiger partial charge on any atom is 0.262 e. The van der Waals surface area contributed by atoms with Crippen molar-refractivity contribution < 1.29 is 18.4 Å². The molecule has 4 N–H and O–H groups in total. The summed E-state index contributed by atoms with van der Waals surface area (Å²) in [5.41, 5.74) is 0.00831. The predicted octanol–water partition coefficient (Wildman–Crippen LogP) is 3.06. The van der Waals surface area contributed by atoms with Crippen LogP contribution < -0.4 is 15.5 Å². The van der Waals surface area contributed by atoms with E-state index in [1.807, 2.05) is 4.89 Å². The van der Waals surface area contributed by atoms with E-state index >= 15 is 0 Å². The molecule has 4 aliphatic carbocycles. The van der Waals surface area contributed by atoms with E-state index in [0.717, 1.165) is 32.1 Å². The molecule has 0 saturated heterocycles. The molecule has 0 spiro atoms. The van der Waals surface area contributed by atoms with Gasteiger partial charge in [0.05, 0.1) is 23.8 Å². The Morgan fingerprint density at radius 2 is 1.97 bits per heavy atom. The smallest absolute Gasteiger partial charge is 0.262 e. The maximum atomic E-state index is 12.2. The molecule has 2 aromatic rings. The Kier molecular flexibility index (Phi) is 5.53. The van der Waals surface area contributed by atoms with Crippen molar-refractivity contribution >= 4 is 39.1 Å². The van der Waals surface area contributed by atoms with Gasteiger partial charge in [-0.05, 0) is 68.1 Å². The van der Waals surface area contributed by atoms with Gasteiger partial charge < -0.3 is 15.7 Å². The summed E-state index contributed by atoms with van der Waals surface area (Å²) in [5, 5.41) is 17.8. The third kappa shape index (κ3) is 4.17. The number of rotatable bonds is 7. The van der Waals surface area contributed by atoms with Gasteiger partial charge in [0, 0.05) is 11.7 Å². The zero-order valence-electron chi connectivity index (χ0n) is 17.6. The van der Waals surface area contributed by atoms with Crippen LogP contribution in [0.3, 0.4) is 0 Å². The Balaban J connectivity index is 1.34. The second kappa shape index (κ2) is 8.11. The van der Waals surface area contributed by atoms with E-state index in [0.29, 0.717) is 40.2 Å². The van der Waals surface area contributed by atoms with Crippen LogP contribution >= 0.6 is 11.6 Å². The van der Waals surface area contributed by atoms with Crippen molar-refractivity contribution in [2.24, 2.45) is 17.8 Å². The Bertz CT molecular complexity index is 1110. The van der Waals surface area contributed by atoms with Crippen LogP contribution in [0.15, 0.2) is 35.4 Å². The summed E-state index contributed by atoms with van der Waals surface area (Å²) in [7, 11) is -2.55. The molecule has 2 atom stereocenters. The van der Waals surface area contributed by atoms with Gasteiger partial charge in [-0.15, -0.1) is 0 Å². The van der Waals surface area contributed by atoms with E-state index < -0.39 is 15.6 Å². The number of halogens is 1. The van der Waals surface area contributed by atoms with Gasteiger partial charge in [0.15, 0.2) is 5.82 Å². The van der Waals surface area contributed by atoms with Crippen molar-refractivity contribution in [3.8, 4) is 0 Å². The predicted molar refractivity (Wildman–Crippen MR) is 120 cm³/mol. The fourth-order valence-corrected chi connectivity index (χ4v) is 6.93. The number of aliphatic hydroxyl groups is 1. The van der Waals surface area contributed by atoms with E-state index in [9.17, 15) is 13.5 Å².